The van der Waals surface area contributed by atoms with Gasteiger partial charge in [0.25, 0.3) is 0 Å². The monoisotopic (exact) mass is 286 g/mol. The number of carbonyl (C=O) groups excluding carboxylic acids is 1. The predicted octanol–water partition coefficient (Wildman–Crippen LogP) is 2.32. The van der Waals surface area contributed by atoms with Crippen molar-refractivity contribution in [1.82, 2.24) is 0 Å². The Hall–Kier alpha value is -0.393. The zero-order chi connectivity index (χ0) is 14.4. The lowest BCUT2D eigenvalue weighted by Crippen LogP contribution is -2.43. The number of hydrogen-bond donors (Lipinski definition) is 1. The number of aliphatic hydroxyl groups excluding tert-OH is 1. The third-order valence-corrected chi connectivity index (χ3v) is 9.55. The van der Waals surface area contributed by atoms with Crippen LogP contribution in [0.15, 0.2) is 0 Å². The van der Waals surface area contributed by atoms with Crippen molar-refractivity contribution < 1.29 is 19.1 Å². The van der Waals surface area contributed by atoms with Crippen LogP contribution in [-0.4, -0.2) is 38.2 Å². The Bertz CT molecular complexity index is 361. The van der Waals surface area contributed by atoms with E-state index in [1.54, 1.807) is 0 Å². The molecule has 4 nitrogen and oxygen atoms in total. The predicted molar refractivity (Wildman–Crippen MR) is 75.2 cm³/mol. The molecule has 1 aliphatic carbocycles. The first-order chi connectivity index (χ1) is 8.62. The van der Waals surface area contributed by atoms with Crippen LogP contribution in [0.5, 0.6) is 0 Å². The summed E-state index contributed by atoms with van der Waals surface area (Å²) in [6, 6.07) is 0. The highest BCUT2D eigenvalue weighted by atomic mass is 28.4. The fourth-order valence-corrected chi connectivity index (χ4v) is 3.73. The van der Waals surface area contributed by atoms with E-state index in [0.29, 0.717) is 19.4 Å². The topological polar surface area (TPSA) is 55.8 Å². The molecule has 2 aliphatic rings. The molecule has 1 saturated carbocycles. The number of fused-ring (bicyclic) bond motifs is 1. The third kappa shape index (κ3) is 2.88. The van der Waals surface area contributed by atoms with Crippen LogP contribution in [0.1, 0.15) is 33.6 Å². The molecule has 110 valence electrons. The lowest BCUT2D eigenvalue weighted by molar-refractivity contribution is -0.146. The number of ether oxygens (including phenoxy) is 1. The minimum atomic E-state index is -1.81. The molecule has 0 unspecified atom stereocenters. The average molecular weight is 286 g/mol. The van der Waals surface area contributed by atoms with E-state index in [1.165, 1.54) is 0 Å². The van der Waals surface area contributed by atoms with Crippen molar-refractivity contribution in [3.63, 3.8) is 0 Å². The van der Waals surface area contributed by atoms with Gasteiger partial charge in [0, 0.05) is 5.92 Å². The quantitative estimate of drug-likeness (QED) is 0.639. The van der Waals surface area contributed by atoms with Gasteiger partial charge in [0.1, 0.15) is 6.10 Å². The van der Waals surface area contributed by atoms with Gasteiger partial charge in [-0.2, -0.15) is 0 Å². The maximum atomic E-state index is 11.8. The highest BCUT2D eigenvalue weighted by Crippen LogP contribution is 2.43. The molecular weight excluding hydrogens is 260 g/mol. The van der Waals surface area contributed by atoms with E-state index in [2.05, 4.69) is 33.9 Å². The summed E-state index contributed by atoms with van der Waals surface area (Å²) in [6.45, 7) is 11.5. The van der Waals surface area contributed by atoms with Gasteiger partial charge in [-0.3, -0.25) is 4.79 Å². The number of aliphatic hydroxyl groups is 1. The van der Waals surface area contributed by atoms with Crippen LogP contribution in [0.2, 0.25) is 18.1 Å². The molecule has 2 fully saturated rings. The van der Waals surface area contributed by atoms with Gasteiger partial charge < -0.3 is 14.3 Å². The second-order valence-electron chi connectivity index (χ2n) is 7.44. The fraction of sp³-hybridized carbons (Fsp3) is 0.929. The Kier molecular flexibility index (Phi) is 3.84. The van der Waals surface area contributed by atoms with Crippen LogP contribution in [-0.2, 0) is 14.0 Å². The van der Waals surface area contributed by atoms with Crippen molar-refractivity contribution in [2.24, 2.45) is 11.8 Å². The minimum Gasteiger partial charge on any atom is -0.459 e. The standard InChI is InChI=1S/C14H26O4Si/c1-14(2,3)19(4,5)17-8-12-10-6-9(15)7-11(10)13(16)18-12/h9-12,15H,6-8H2,1-5H3/t9-,10+,11-,12+/m1/s1. The van der Waals surface area contributed by atoms with Gasteiger partial charge in [0.05, 0.1) is 18.6 Å². The van der Waals surface area contributed by atoms with E-state index in [9.17, 15) is 9.90 Å². The molecule has 5 heteroatoms. The van der Waals surface area contributed by atoms with Gasteiger partial charge >= 0.3 is 5.97 Å². The molecule has 19 heavy (non-hydrogen) atoms. The summed E-state index contributed by atoms with van der Waals surface area (Å²) in [5.74, 6) is -0.110. The molecule has 0 aromatic heterocycles. The summed E-state index contributed by atoms with van der Waals surface area (Å²) in [7, 11) is -1.81. The number of rotatable bonds is 3. The number of carbonyl (C=O) groups is 1. The van der Waals surface area contributed by atoms with Crippen LogP contribution in [0.4, 0.5) is 0 Å². The van der Waals surface area contributed by atoms with Crippen LogP contribution in [0.25, 0.3) is 0 Å². The number of hydrogen-bond acceptors (Lipinski definition) is 4. The van der Waals surface area contributed by atoms with E-state index < -0.39 is 8.32 Å². The van der Waals surface area contributed by atoms with Gasteiger partial charge in [-0.1, -0.05) is 20.8 Å². The summed E-state index contributed by atoms with van der Waals surface area (Å²) in [4.78, 5) is 11.8. The maximum Gasteiger partial charge on any atom is 0.309 e. The number of cyclic esters (lactones) is 1. The Morgan fingerprint density at radius 1 is 1.37 bits per heavy atom. The van der Waals surface area contributed by atoms with Crippen molar-refractivity contribution in [3.8, 4) is 0 Å². The molecule has 1 N–H and O–H groups in total. The lowest BCUT2D eigenvalue weighted by atomic mass is 9.94. The first-order valence-corrected chi connectivity index (χ1v) is 10.0. The number of esters is 1. The molecule has 0 amide bonds. The van der Waals surface area contributed by atoms with Crippen molar-refractivity contribution in [3.05, 3.63) is 0 Å². The van der Waals surface area contributed by atoms with E-state index in [0.717, 1.165) is 0 Å². The Morgan fingerprint density at radius 2 is 2.00 bits per heavy atom. The van der Waals surface area contributed by atoms with E-state index in [1.807, 2.05) is 0 Å². The van der Waals surface area contributed by atoms with E-state index >= 15 is 0 Å². The first kappa shape index (κ1) is 15.0. The Morgan fingerprint density at radius 3 is 2.58 bits per heavy atom. The summed E-state index contributed by atoms with van der Waals surface area (Å²) in [5.41, 5.74) is 0. The normalized spacial score (nSPS) is 35.4. The van der Waals surface area contributed by atoms with Gasteiger partial charge in [-0.15, -0.1) is 0 Å². The largest absolute Gasteiger partial charge is 0.459 e. The second kappa shape index (κ2) is 4.86. The zero-order valence-electron chi connectivity index (χ0n) is 12.6. The third-order valence-electron chi connectivity index (χ3n) is 5.05. The maximum absolute atomic E-state index is 11.8. The van der Waals surface area contributed by atoms with Crippen LogP contribution in [0, 0.1) is 11.8 Å². The molecule has 0 aromatic carbocycles. The molecule has 1 heterocycles. The fourth-order valence-electron chi connectivity index (χ4n) is 2.71. The SMILES string of the molecule is CC(C)(C)[Si](C)(C)OC[C@@H]1OC(=O)[C@@H]2C[C@H](O)C[C@H]12. The highest BCUT2D eigenvalue weighted by molar-refractivity contribution is 6.74. The molecular formula is C14H26O4Si. The van der Waals surface area contributed by atoms with Crippen molar-refractivity contribution >= 4 is 14.3 Å². The van der Waals surface area contributed by atoms with Gasteiger partial charge in [0.15, 0.2) is 8.32 Å². The van der Waals surface area contributed by atoms with Gasteiger partial charge in [0.2, 0.25) is 0 Å². The van der Waals surface area contributed by atoms with Gasteiger partial charge in [-0.05, 0) is 31.0 Å². The highest BCUT2D eigenvalue weighted by Gasteiger charge is 2.51. The minimum absolute atomic E-state index is 0.108. The van der Waals surface area contributed by atoms with E-state index in [4.69, 9.17) is 9.16 Å². The van der Waals surface area contributed by atoms with Crippen molar-refractivity contribution in [1.29, 1.82) is 0 Å². The molecule has 1 aliphatic heterocycles. The molecule has 0 bridgehead atoms. The molecule has 0 spiro atoms. The Labute approximate surface area is 116 Å². The second-order valence-corrected chi connectivity index (χ2v) is 12.3. The molecule has 0 radical (unpaired) electrons. The zero-order valence-corrected chi connectivity index (χ0v) is 13.6. The summed E-state index contributed by atoms with van der Waals surface area (Å²) < 4.78 is 11.6. The Balaban J connectivity index is 1.96. The molecule has 2 rings (SSSR count). The van der Waals surface area contributed by atoms with Crippen LogP contribution >= 0.6 is 0 Å². The van der Waals surface area contributed by atoms with Crippen LogP contribution < -0.4 is 0 Å². The van der Waals surface area contributed by atoms with E-state index in [-0.39, 0.29) is 35.1 Å². The molecule has 0 aromatic rings. The van der Waals surface area contributed by atoms with Crippen molar-refractivity contribution in [2.45, 2.75) is 64.0 Å². The lowest BCUT2D eigenvalue weighted by Gasteiger charge is -2.37. The summed E-state index contributed by atoms with van der Waals surface area (Å²) in [5, 5.41) is 9.84. The smallest absolute Gasteiger partial charge is 0.309 e. The molecule has 4 atom stereocenters. The average Bonchev–Trinajstić information content (AvgIpc) is 2.75. The van der Waals surface area contributed by atoms with Gasteiger partial charge in [-0.25, -0.2) is 0 Å². The summed E-state index contributed by atoms with van der Waals surface area (Å²) >= 11 is 0. The van der Waals surface area contributed by atoms with Crippen molar-refractivity contribution in [2.75, 3.05) is 6.61 Å². The van der Waals surface area contributed by atoms with Crippen LogP contribution in [0.3, 0.4) is 0 Å². The summed E-state index contributed by atoms with van der Waals surface area (Å²) in [6.07, 6.45) is 0.712. The first-order valence-electron chi connectivity index (χ1n) is 7.14. The molecule has 1 saturated heterocycles.